The summed E-state index contributed by atoms with van der Waals surface area (Å²) >= 11 is 0. The molecule has 3 heterocycles. The van der Waals surface area contributed by atoms with Gasteiger partial charge in [0, 0.05) is 25.9 Å². The van der Waals surface area contributed by atoms with Gasteiger partial charge in [-0.3, -0.25) is 14.2 Å². The SMILES string of the molecule is COCCn1c(=O)[nH]c2nc(-c3cnn(C)c3)cnc21. The van der Waals surface area contributed by atoms with Crippen LogP contribution in [-0.2, 0) is 18.3 Å². The molecule has 3 aromatic rings. The van der Waals surface area contributed by atoms with Gasteiger partial charge in [0.25, 0.3) is 0 Å². The average Bonchev–Trinajstić information content (AvgIpc) is 2.99. The van der Waals surface area contributed by atoms with Crippen molar-refractivity contribution >= 4 is 11.3 Å². The lowest BCUT2D eigenvalue weighted by molar-refractivity contribution is 0.187. The smallest absolute Gasteiger partial charge is 0.328 e. The number of imidazole rings is 1. The molecule has 20 heavy (non-hydrogen) atoms. The van der Waals surface area contributed by atoms with Gasteiger partial charge in [-0.25, -0.2) is 14.8 Å². The van der Waals surface area contributed by atoms with Gasteiger partial charge in [0.15, 0.2) is 11.3 Å². The molecule has 0 bridgehead atoms. The molecule has 3 rings (SSSR count). The first kappa shape index (κ1) is 12.5. The number of hydrogen-bond acceptors (Lipinski definition) is 5. The van der Waals surface area contributed by atoms with Crippen LogP contribution in [0.15, 0.2) is 23.4 Å². The zero-order valence-electron chi connectivity index (χ0n) is 11.2. The van der Waals surface area contributed by atoms with E-state index in [0.717, 1.165) is 5.56 Å². The average molecular weight is 274 g/mol. The molecule has 0 aromatic carbocycles. The maximum Gasteiger partial charge on any atom is 0.328 e. The van der Waals surface area contributed by atoms with Crippen LogP contribution in [0.2, 0.25) is 0 Å². The van der Waals surface area contributed by atoms with Crippen LogP contribution in [0.1, 0.15) is 0 Å². The van der Waals surface area contributed by atoms with Crippen LogP contribution in [0.25, 0.3) is 22.6 Å². The molecule has 0 saturated carbocycles. The fraction of sp³-hybridized carbons (Fsp3) is 0.333. The third-order valence-electron chi connectivity index (χ3n) is 3.00. The predicted octanol–water partition coefficient (Wildman–Crippen LogP) is 0.166. The van der Waals surface area contributed by atoms with Gasteiger partial charge < -0.3 is 4.74 Å². The maximum atomic E-state index is 11.9. The Labute approximate surface area is 114 Å². The summed E-state index contributed by atoms with van der Waals surface area (Å²) in [4.78, 5) is 23.3. The molecule has 104 valence electrons. The summed E-state index contributed by atoms with van der Waals surface area (Å²) in [5.41, 5.74) is 2.28. The predicted molar refractivity (Wildman–Crippen MR) is 72.2 cm³/mol. The summed E-state index contributed by atoms with van der Waals surface area (Å²) in [6, 6.07) is 0. The van der Waals surface area contributed by atoms with Gasteiger partial charge in [-0.1, -0.05) is 0 Å². The number of aromatic nitrogens is 6. The number of ether oxygens (including phenoxy) is 1. The number of rotatable bonds is 4. The molecule has 0 unspecified atom stereocenters. The lowest BCUT2D eigenvalue weighted by atomic mass is 10.3. The fourth-order valence-corrected chi connectivity index (χ4v) is 2.01. The highest BCUT2D eigenvalue weighted by molar-refractivity contribution is 5.70. The Kier molecular flexibility index (Phi) is 3.07. The zero-order chi connectivity index (χ0) is 14.1. The van der Waals surface area contributed by atoms with E-state index in [0.29, 0.717) is 30.1 Å². The van der Waals surface area contributed by atoms with E-state index in [1.165, 1.54) is 4.57 Å². The van der Waals surface area contributed by atoms with Gasteiger partial charge in [0.2, 0.25) is 0 Å². The number of nitrogens with one attached hydrogen (secondary N) is 1. The summed E-state index contributed by atoms with van der Waals surface area (Å²) in [7, 11) is 3.42. The molecule has 0 radical (unpaired) electrons. The Morgan fingerprint density at radius 2 is 2.25 bits per heavy atom. The third kappa shape index (κ3) is 2.10. The number of nitrogens with zero attached hydrogens (tertiary/aromatic N) is 5. The summed E-state index contributed by atoms with van der Waals surface area (Å²) in [5, 5.41) is 4.09. The molecule has 0 aliphatic heterocycles. The Hall–Kier alpha value is -2.48. The van der Waals surface area contributed by atoms with Crippen molar-refractivity contribution in [3.63, 3.8) is 0 Å². The molecule has 0 amide bonds. The van der Waals surface area contributed by atoms with Crippen molar-refractivity contribution in [3.8, 4) is 11.3 Å². The van der Waals surface area contributed by atoms with E-state index < -0.39 is 0 Å². The van der Waals surface area contributed by atoms with Crippen LogP contribution >= 0.6 is 0 Å². The van der Waals surface area contributed by atoms with Crippen molar-refractivity contribution in [2.45, 2.75) is 6.54 Å². The molecule has 0 spiro atoms. The van der Waals surface area contributed by atoms with E-state index in [2.05, 4.69) is 20.1 Å². The second-order valence-electron chi connectivity index (χ2n) is 4.40. The molecule has 0 aliphatic carbocycles. The second-order valence-corrected chi connectivity index (χ2v) is 4.40. The van der Waals surface area contributed by atoms with Crippen LogP contribution < -0.4 is 5.69 Å². The van der Waals surface area contributed by atoms with Gasteiger partial charge in [-0.2, -0.15) is 5.10 Å². The molecule has 0 saturated heterocycles. The third-order valence-corrected chi connectivity index (χ3v) is 3.00. The summed E-state index contributed by atoms with van der Waals surface area (Å²) in [6.07, 6.45) is 5.18. The number of hydrogen-bond donors (Lipinski definition) is 1. The minimum atomic E-state index is -0.236. The molecular weight excluding hydrogens is 260 g/mol. The van der Waals surface area contributed by atoms with Crippen LogP contribution in [0.4, 0.5) is 0 Å². The Morgan fingerprint density at radius 1 is 1.40 bits per heavy atom. The molecule has 8 heteroatoms. The monoisotopic (exact) mass is 274 g/mol. The Balaban J connectivity index is 2.06. The topological polar surface area (TPSA) is 90.6 Å². The number of aryl methyl sites for hydroxylation is 1. The lowest BCUT2D eigenvalue weighted by Gasteiger charge is -2.01. The second kappa shape index (κ2) is 4.89. The first-order valence-corrected chi connectivity index (χ1v) is 6.12. The van der Waals surface area contributed by atoms with Crippen molar-refractivity contribution < 1.29 is 4.74 Å². The van der Waals surface area contributed by atoms with Gasteiger partial charge in [-0.15, -0.1) is 0 Å². The molecule has 3 aromatic heterocycles. The summed E-state index contributed by atoms with van der Waals surface area (Å²) in [5.74, 6) is 0. The van der Waals surface area contributed by atoms with Crippen molar-refractivity contribution in [1.29, 1.82) is 0 Å². The van der Waals surface area contributed by atoms with Crippen molar-refractivity contribution in [3.05, 3.63) is 29.1 Å². The van der Waals surface area contributed by atoms with Crippen LogP contribution in [-0.4, -0.2) is 43.0 Å². The van der Waals surface area contributed by atoms with Gasteiger partial charge in [-0.05, 0) is 0 Å². The lowest BCUT2D eigenvalue weighted by Crippen LogP contribution is -2.19. The minimum Gasteiger partial charge on any atom is -0.383 e. The molecule has 0 fully saturated rings. The highest BCUT2D eigenvalue weighted by atomic mass is 16.5. The number of methoxy groups -OCH3 is 1. The van der Waals surface area contributed by atoms with Gasteiger partial charge in [0.1, 0.15) is 0 Å². The van der Waals surface area contributed by atoms with Crippen LogP contribution in [0.3, 0.4) is 0 Å². The van der Waals surface area contributed by atoms with Gasteiger partial charge >= 0.3 is 5.69 Å². The van der Waals surface area contributed by atoms with E-state index in [4.69, 9.17) is 4.74 Å². The molecule has 8 nitrogen and oxygen atoms in total. The highest BCUT2D eigenvalue weighted by Gasteiger charge is 2.11. The van der Waals surface area contributed by atoms with Crippen molar-refractivity contribution in [2.75, 3.05) is 13.7 Å². The molecule has 0 aliphatic rings. The number of H-pyrrole nitrogens is 1. The quantitative estimate of drug-likeness (QED) is 0.732. The Bertz CT molecular complexity index is 800. The molecule has 1 N–H and O–H groups in total. The van der Waals surface area contributed by atoms with E-state index in [-0.39, 0.29) is 5.69 Å². The zero-order valence-corrected chi connectivity index (χ0v) is 11.2. The molecular formula is C12H14N6O2. The highest BCUT2D eigenvalue weighted by Crippen LogP contribution is 2.16. The maximum absolute atomic E-state index is 11.9. The Morgan fingerprint density at radius 3 is 2.95 bits per heavy atom. The van der Waals surface area contributed by atoms with E-state index >= 15 is 0 Å². The molecule has 0 atom stereocenters. The minimum absolute atomic E-state index is 0.236. The first-order valence-electron chi connectivity index (χ1n) is 6.12. The standard InChI is InChI=1S/C12H14N6O2/c1-17-7-8(5-14-17)9-6-13-11-10(15-9)16-12(19)18(11)3-4-20-2/h5-7H,3-4H2,1-2H3,(H,15,16,19). The van der Waals surface area contributed by atoms with Crippen LogP contribution in [0.5, 0.6) is 0 Å². The largest absolute Gasteiger partial charge is 0.383 e. The number of aromatic amines is 1. The number of fused-ring (bicyclic) bond motifs is 1. The van der Waals surface area contributed by atoms with E-state index in [1.807, 2.05) is 13.2 Å². The fourth-order valence-electron chi connectivity index (χ4n) is 2.01. The van der Waals surface area contributed by atoms with Crippen molar-refractivity contribution in [2.24, 2.45) is 7.05 Å². The normalized spacial score (nSPS) is 11.3. The van der Waals surface area contributed by atoms with E-state index in [9.17, 15) is 4.79 Å². The van der Waals surface area contributed by atoms with Gasteiger partial charge in [0.05, 0.1) is 31.2 Å². The summed E-state index contributed by atoms with van der Waals surface area (Å²) in [6.45, 7) is 0.884. The van der Waals surface area contributed by atoms with E-state index in [1.54, 1.807) is 24.2 Å². The first-order chi connectivity index (χ1) is 9.69. The van der Waals surface area contributed by atoms with Crippen molar-refractivity contribution in [1.82, 2.24) is 29.3 Å². The summed E-state index contributed by atoms with van der Waals surface area (Å²) < 4.78 is 8.18. The van der Waals surface area contributed by atoms with Crippen LogP contribution in [0, 0.1) is 0 Å².